The van der Waals surface area contributed by atoms with Crippen LogP contribution in [-0.4, -0.2) is 61.2 Å². The van der Waals surface area contributed by atoms with Crippen molar-refractivity contribution >= 4 is 0 Å². The number of ether oxygens (including phenoxy) is 2. The van der Waals surface area contributed by atoms with Gasteiger partial charge >= 0.3 is 0 Å². The van der Waals surface area contributed by atoms with Crippen LogP contribution in [0.3, 0.4) is 0 Å². The van der Waals surface area contributed by atoms with E-state index in [-0.39, 0.29) is 0 Å². The number of hydrogen-bond donors (Lipinski definition) is 1. The van der Waals surface area contributed by atoms with Crippen molar-refractivity contribution < 1.29 is 14.6 Å². The van der Waals surface area contributed by atoms with E-state index in [0.717, 1.165) is 39.1 Å². The molecule has 0 aromatic carbocycles. The van der Waals surface area contributed by atoms with Gasteiger partial charge in [-0.2, -0.15) is 0 Å². The molecule has 1 N–H and O–H groups in total. The fraction of sp³-hybridized carbons (Fsp3) is 1.00. The Balaban J connectivity index is 2.38. The molecule has 1 heterocycles. The van der Waals surface area contributed by atoms with Crippen LogP contribution < -0.4 is 0 Å². The van der Waals surface area contributed by atoms with Gasteiger partial charge in [-0.3, -0.25) is 4.90 Å². The van der Waals surface area contributed by atoms with Crippen LogP contribution >= 0.6 is 0 Å². The standard InChI is InChI=1S/C13H27NO3/c1-5-11-10-17-9-8-14(11)7-6-12(15)13(2,3)16-4/h11-12,15H,5-10H2,1-4H3. The van der Waals surface area contributed by atoms with Crippen molar-refractivity contribution in [1.82, 2.24) is 4.90 Å². The summed E-state index contributed by atoms with van der Waals surface area (Å²) in [5, 5.41) is 10.1. The summed E-state index contributed by atoms with van der Waals surface area (Å²) in [6.07, 6.45) is 1.43. The monoisotopic (exact) mass is 245 g/mol. The number of morpholine rings is 1. The molecule has 102 valence electrons. The minimum absolute atomic E-state index is 0.423. The summed E-state index contributed by atoms with van der Waals surface area (Å²) >= 11 is 0. The first-order valence-electron chi connectivity index (χ1n) is 6.56. The first-order chi connectivity index (χ1) is 8.01. The zero-order valence-corrected chi connectivity index (χ0v) is 11.6. The molecule has 1 fully saturated rings. The quantitative estimate of drug-likeness (QED) is 0.765. The molecule has 2 atom stereocenters. The molecule has 1 aliphatic heterocycles. The van der Waals surface area contributed by atoms with E-state index in [4.69, 9.17) is 9.47 Å². The third kappa shape index (κ3) is 4.21. The Bertz CT molecular complexity index is 221. The topological polar surface area (TPSA) is 41.9 Å². The van der Waals surface area contributed by atoms with E-state index in [2.05, 4.69) is 11.8 Å². The van der Waals surface area contributed by atoms with Crippen molar-refractivity contribution in [1.29, 1.82) is 0 Å². The molecule has 0 aliphatic carbocycles. The second-order valence-electron chi connectivity index (χ2n) is 5.29. The molecule has 0 saturated carbocycles. The van der Waals surface area contributed by atoms with Crippen LogP contribution in [0.4, 0.5) is 0 Å². The van der Waals surface area contributed by atoms with E-state index in [1.165, 1.54) is 0 Å². The molecule has 0 aromatic heterocycles. The summed E-state index contributed by atoms with van der Waals surface area (Å²) in [6.45, 7) is 9.54. The first-order valence-corrected chi connectivity index (χ1v) is 6.56. The fourth-order valence-corrected chi connectivity index (χ4v) is 2.13. The van der Waals surface area contributed by atoms with Crippen LogP contribution in [0, 0.1) is 0 Å². The molecular weight excluding hydrogens is 218 g/mol. The summed E-state index contributed by atoms with van der Waals surface area (Å²) in [5.41, 5.74) is -0.464. The molecule has 4 heteroatoms. The lowest BCUT2D eigenvalue weighted by molar-refractivity contribution is -0.0874. The van der Waals surface area contributed by atoms with Crippen LogP contribution in [0.5, 0.6) is 0 Å². The Kier molecular flexibility index (Phi) is 5.86. The predicted octanol–water partition coefficient (Wildman–Crippen LogP) is 1.27. The third-order valence-corrected chi connectivity index (χ3v) is 3.84. The highest BCUT2D eigenvalue weighted by Crippen LogP contribution is 2.18. The molecule has 0 aromatic rings. The van der Waals surface area contributed by atoms with Crippen molar-refractivity contribution in [2.75, 3.05) is 33.4 Å². The molecule has 1 rings (SSSR count). The number of hydrogen-bond acceptors (Lipinski definition) is 4. The van der Waals surface area contributed by atoms with Crippen LogP contribution in [0.15, 0.2) is 0 Å². The van der Waals surface area contributed by atoms with Crippen LogP contribution in [-0.2, 0) is 9.47 Å². The van der Waals surface area contributed by atoms with Crippen LogP contribution in [0.25, 0.3) is 0 Å². The van der Waals surface area contributed by atoms with Gasteiger partial charge in [0.15, 0.2) is 0 Å². The number of nitrogens with zero attached hydrogens (tertiary/aromatic N) is 1. The second-order valence-corrected chi connectivity index (χ2v) is 5.29. The highest BCUT2D eigenvalue weighted by molar-refractivity contribution is 4.81. The average molecular weight is 245 g/mol. The van der Waals surface area contributed by atoms with Gasteiger partial charge in [0, 0.05) is 26.2 Å². The SMILES string of the molecule is CCC1COCCN1CCC(O)C(C)(C)OC. The van der Waals surface area contributed by atoms with Crippen molar-refractivity contribution in [3.63, 3.8) is 0 Å². The lowest BCUT2D eigenvalue weighted by atomic mass is 9.98. The minimum Gasteiger partial charge on any atom is -0.390 e. The molecule has 0 amide bonds. The van der Waals surface area contributed by atoms with Gasteiger partial charge < -0.3 is 14.6 Å². The Morgan fingerprint density at radius 3 is 2.82 bits per heavy atom. The van der Waals surface area contributed by atoms with Crippen LogP contribution in [0.1, 0.15) is 33.6 Å². The molecule has 1 aliphatic rings. The molecule has 0 spiro atoms. The third-order valence-electron chi connectivity index (χ3n) is 3.84. The summed E-state index contributed by atoms with van der Waals surface area (Å²) in [7, 11) is 1.65. The zero-order chi connectivity index (χ0) is 12.9. The average Bonchev–Trinajstić information content (AvgIpc) is 2.36. The summed E-state index contributed by atoms with van der Waals surface area (Å²) in [5.74, 6) is 0. The maximum Gasteiger partial charge on any atom is 0.0880 e. The maximum absolute atomic E-state index is 10.1. The molecule has 17 heavy (non-hydrogen) atoms. The number of rotatable bonds is 6. The van der Waals surface area contributed by atoms with E-state index < -0.39 is 11.7 Å². The van der Waals surface area contributed by atoms with Gasteiger partial charge in [0.25, 0.3) is 0 Å². The van der Waals surface area contributed by atoms with E-state index in [1.807, 2.05) is 13.8 Å². The summed E-state index contributed by atoms with van der Waals surface area (Å²) in [4.78, 5) is 2.42. The largest absolute Gasteiger partial charge is 0.390 e. The van der Waals surface area contributed by atoms with Gasteiger partial charge in [-0.05, 0) is 26.7 Å². The Morgan fingerprint density at radius 2 is 2.24 bits per heavy atom. The molecule has 0 radical (unpaired) electrons. The molecule has 1 saturated heterocycles. The molecule has 2 unspecified atom stereocenters. The molecule has 0 bridgehead atoms. The summed E-state index contributed by atoms with van der Waals surface area (Å²) in [6, 6.07) is 0.501. The highest BCUT2D eigenvalue weighted by Gasteiger charge is 2.29. The van der Waals surface area contributed by atoms with Gasteiger partial charge in [-0.25, -0.2) is 0 Å². The fourth-order valence-electron chi connectivity index (χ4n) is 2.13. The van der Waals surface area contributed by atoms with Crippen molar-refractivity contribution in [2.24, 2.45) is 0 Å². The van der Waals surface area contributed by atoms with Crippen LogP contribution in [0.2, 0.25) is 0 Å². The van der Waals surface area contributed by atoms with Gasteiger partial charge in [0.05, 0.1) is 24.9 Å². The van der Waals surface area contributed by atoms with E-state index in [9.17, 15) is 5.11 Å². The van der Waals surface area contributed by atoms with Gasteiger partial charge in [-0.1, -0.05) is 6.92 Å². The van der Waals surface area contributed by atoms with Crippen molar-refractivity contribution in [3.05, 3.63) is 0 Å². The lowest BCUT2D eigenvalue weighted by Gasteiger charge is -2.37. The Morgan fingerprint density at radius 1 is 1.53 bits per heavy atom. The van der Waals surface area contributed by atoms with Gasteiger partial charge in [0.2, 0.25) is 0 Å². The maximum atomic E-state index is 10.1. The van der Waals surface area contributed by atoms with Gasteiger partial charge in [-0.15, -0.1) is 0 Å². The number of methoxy groups -OCH3 is 1. The Hall–Kier alpha value is -0.160. The first kappa shape index (κ1) is 14.9. The second kappa shape index (κ2) is 6.69. The normalized spacial score (nSPS) is 24.9. The summed E-state index contributed by atoms with van der Waals surface area (Å²) < 4.78 is 10.8. The molecular formula is C13H27NO3. The number of aliphatic hydroxyl groups excluding tert-OH is 1. The van der Waals surface area contributed by atoms with E-state index in [0.29, 0.717) is 6.04 Å². The smallest absolute Gasteiger partial charge is 0.0880 e. The van der Waals surface area contributed by atoms with Crippen molar-refractivity contribution in [3.8, 4) is 0 Å². The number of aliphatic hydroxyl groups is 1. The predicted molar refractivity (Wildman–Crippen MR) is 68.2 cm³/mol. The van der Waals surface area contributed by atoms with Gasteiger partial charge in [0.1, 0.15) is 0 Å². The van der Waals surface area contributed by atoms with E-state index in [1.54, 1.807) is 7.11 Å². The minimum atomic E-state index is -0.464. The lowest BCUT2D eigenvalue weighted by Crippen LogP contribution is -2.47. The Labute approximate surface area is 105 Å². The van der Waals surface area contributed by atoms with E-state index >= 15 is 0 Å². The zero-order valence-electron chi connectivity index (χ0n) is 11.6. The highest BCUT2D eigenvalue weighted by atomic mass is 16.5. The molecule has 4 nitrogen and oxygen atoms in total. The van der Waals surface area contributed by atoms with Crippen molar-refractivity contribution in [2.45, 2.75) is 51.4 Å².